The number of rotatable bonds is 7. The first kappa shape index (κ1) is 25.9. The highest BCUT2D eigenvalue weighted by Crippen LogP contribution is 2.33. The van der Waals surface area contributed by atoms with Gasteiger partial charge in [0.1, 0.15) is 17.3 Å². The van der Waals surface area contributed by atoms with Gasteiger partial charge in [0.25, 0.3) is 0 Å². The fourth-order valence-electron chi connectivity index (χ4n) is 4.47. The molecule has 1 fully saturated rings. The number of sulfonamides is 1. The molecule has 0 bridgehead atoms. The number of halogens is 2. The predicted octanol–water partition coefficient (Wildman–Crippen LogP) is 3.88. The van der Waals surface area contributed by atoms with Gasteiger partial charge in [-0.15, -0.1) is 0 Å². The Hall–Kier alpha value is -3.77. The number of carbonyl (C=O) groups is 1. The van der Waals surface area contributed by atoms with Crippen molar-refractivity contribution in [2.24, 2.45) is 5.92 Å². The first-order valence-corrected chi connectivity index (χ1v) is 13.4. The maximum absolute atomic E-state index is 14.0. The number of aryl methyl sites for hydroxylation is 1. The summed E-state index contributed by atoms with van der Waals surface area (Å²) in [6, 6.07) is 8.52. The largest absolute Gasteiger partial charge is 0.454 e. The minimum absolute atomic E-state index is 0.0604. The molecule has 3 aromatic rings. The highest BCUT2D eigenvalue weighted by molar-refractivity contribution is 7.89. The summed E-state index contributed by atoms with van der Waals surface area (Å²) in [4.78, 5) is 12.6. The van der Waals surface area contributed by atoms with Crippen LogP contribution in [0.1, 0.15) is 35.4 Å². The molecule has 2 aliphatic heterocycles. The lowest BCUT2D eigenvalue weighted by atomic mass is 9.97. The van der Waals surface area contributed by atoms with Crippen LogP contribution in [0.4, 0.5) is 8.78 Å². The highest BCUT2D eigenvalue weighted by atomic mass is 32.2. The van der Waals surface area contributed by atoms with Crippen LogP contribution in [0.5, 0.6) is 11.5 Å². The van der Waals surface area contributed by atoms with Crippen LogP contribution in [0, 0.1) is 24.5 Å². The van der Waals surface area contributed by atoms with E-state index in [0.717, 1.165) is 17.7 Å². The van der Waals surface area contributed by atoms with Crippen molar-refractivity contribution < 1.29 is 36.0 Å². The first-order chi connectivity index (χ1) is 18.2. The maximum atomic E-state index is 14.0. The number of fused-ring (bicyclic) bond motifs is 1. The fraction of sp³-hybridized carbons (Fsp3) is 0.308. The first-order valence-electron chi connectivity index (χ1n) is 12.0. The van der Waals surface area contributed by atoms with E-state index < -0.39 is 21.7 Å². The third-order valence-electron chi connectivity index (χ3n) is 6.54. The summed E-state index contributed by atoms with van der Waals surface area (Å²) in [6.07, 6.45) is 3.29. The van der Waals surface area contributed by atoms with E-state index >= 15 is 0 Å². The Morgan fingerprint density at radius 2 is 1.87 bits per heavy atom. The van der Waals surface area contributed by atoms with Gasteiger partial charge in [-0.2, -0.15) is 4.31 Å². The summed E-state index contributed by atoms with van der Waals surface area (Å²) in [5.74, 6) is -0.751. The van der Waals surface area contributed by atoms with E-state index in [2.05, 4.69) is 10.5 Å². The van der Waals surface area contributed by atoms with Crippen molar-refractivity contribution in [3.63, 3.8) is 0 Å². The molecule has 200 valence electrons. The molecule has 2 aliphatic rings. The lowest BCUT2D eigenvalue weighted by Crippen LogP contribution is -2.43. The molecule has 1 aromatic heterocycles. The molecule has 1 saturated heterocycles. The second-order valence-electron chi connectivity index (χ2n) is 9.04. The van der Waals surface area contributed by atoms with Gasteiger partial charge in [0.15, 0.2) is 22.2 Å². The van der Waals surface area contributed by atoms with Gasteiger partial charge in [-0.25, -0.2) is 17.2 Å². The quantitative estimate of drug-likeness (QED) is 0.480. The Kier molecular flexibility index (Phi) is 7.17. The smallest absolute Gasteiger partial charge is 0.248 e. The van der Waals surface area contributed by atoms with Crippen LogP contribution in [0.3, 0.4) is 0 Å². The van der Waals surface area contributed by atoms with E-state index in [4.69, 9.17) is 14.0 Å². The molecule has 12 heteroatoms. The van der Waals surface area contributed by atoms with Crippen molar-refractivity contribution in [2.45, 2.75) is 31.2 Å². The van der Waals surface area contributed by atoms with E-state index in [1.807, 2.05) is 12.1 Å². The SMILES string of the molecule is Cc1noc(/C=C/c2ccc(F)cc2F)c1S(=O)(=O)N1CCC(C(=O)NCc2ccc3c(c2)OCO3)CC1. The van der Waals surface area contributed by atoms with Gasteiger partial charge < -0.3 is 19.3 Å². The van der Waals surface area contributed by atoms with Crippen LogP contribution < -0.4 is 14.8 Å². The summed E-state index contributed by atoms with van der Waals surface area (Å²) >= 11 is 0. The molecule has 0 atom stereocenters. The van der Waals surface area contributed by atoms with Crippen LogP contribution in [0.2, 0.25) is 0 Å². The molecule has 5 rings (SSSR count). The van der Waals surface area contributed by atoms with E-state index in [-0.39, 0.29) is 53.6 Å². The van der Waals surface area contributed by atoms with Crippen molar-refractivity contribution in [3.05, 3.63) is 70.6 Å². The summed E-state index contributed by atoms with van der Waals surface area (Å²) in [5, 5.41) is 6.69. The molecule has 1 N–H and O–H groups in total. The van der Waals surface area contributed by atoms with E-state index in [0.29, 0.717) is 30.9 Å². The molecular formula is C26H25F2N3O6S. The summed E-state index contributed by atoms with van der Waals surface area (Å²) < 4.78 is 71.2. The Morgan fingerprint density at radius 3 is 2.63 bits per heavy atom. The predicted molar refractivity (Wildman–Crippen MR) is 132 cm³/mol. The van der Waals surface area contributed by atoms with Gasteiger partial charge in [0.05, 0.1) is 0 Å². The topological polar surface area (TPSA) is 111 Å². The van der Waals surface area contributed by atoms with Crippen molar-refractivity contribution in [1.29, 1.82) is 0 Å². The molecule has 9 nitrogen and oxygen atoms in total. The van der Waals surface area contributed by atoms with Crippen LogP contribution >= 0.6 is 0 Å². The van der Waals surface area contributed by atoms with Gasteiger partial charge in [0, 0.05) is 37.2 Å². The van der Waals surface area contributed by atoms with Gasteiger partial charge in [0.2, 0.25) is 22.7 Å². The van der Waals surface area contributed by atoms with Gasteiger partial charge >= 0.3 is 0 Å². The number of piperidine rings is 1. The third kappa shape index (κ3) is 5.27. The number of hydrogen-bond acceptors (Lipinski definition) is 7. The summed E-state index contributed by atoms with van der Waals surface area (Å²) in [5.41, 5.74) is 1.09. The average Bonchev–Trinajstić information content (AvgIpc) is 3.53. The molecule has 0 radical (unpaired) electrons. The zero-order valence-corrected chi connectivity index (χ0v) is 21.3. The normalized spacial score (nSPS) is 16.3. The maximum Gasteiger partial charge on any atom is 0.248 e. The van der Waals surface area contributed by atoms with Crippen LogP contribution in [0.15, 0.2) is 45.8 Å². The van der Waals surface area contributed by atoms with E-state index in [1.54, 1.807) is 6.07 Å². The molecule has 3 heterocycles. The van der Waals surface area contributed by atoms with Crippen molar-refractivity contribution >= 4 is 28.1 Å². The lowest BCUT2D eigenvalue weighted by molar-refractivity contribution is -0.126. The Balaban J connectivity index is 1.22. The van der Waals surface area contributed by atoms with Gasteiger partial charge in [-0.3, -0.25) is 4.79 Å². The van der Waals surface area contributed by atoms with Crippen LogP contribution in [0.25, 0.3) is 12.2 Å². The lowest BCUT2D eigenvalue weighted by Gasteiger charge is -2.30. The van der Waals surface area contributed by atoms with Crippen LogP contribution in [-0.4, -0.2) is 43.7 Å². The highest BCUT2D eigenvalue weighted by Gasteiger charge is 2.36. The number of benzene rings is 2. The molecule has 0 aliphatic carbocycles. The second kappa shape index (κ2) is 10.5. The number of nitrogens with one attached hydrogen (secondary N) is 1. The molecule has 1 amide bonds. The zero-order valence-electron chi connectivity index (χ0n) is 20.4. The molecule has 38 heavy (non-hydrogen) atoms. The van der Waals surface area contributed by atoms with E-state index in [1.165, 1.54) is 29.4 Å². The van der Waals surface area contributed by atoms with Crippen LogP contribution in [-0.2, 0) is 21.4 Å². The number of ether oxygens (including phenoxy) is 2. The Morgan fingerprint density at radius 1 is 1.11 bits per heavy atom. The molecule has 0 saturated carbocycles. The zero-order chi connectivity index (χ0) is 26.9. The van der Waals surface area contributed by atoms with Crippen molar-refractivity contribution in [2.75, 3.05) is 19.9 Å². The van der Waals surface area contributed by atoms with Crippen molar-refractivity contribution in [1.82, 2.24) is 14.8 Å². The third-order valence-corrected chi connectivity index (χ3v) is 8.59. The summed E-state index contributed by atoms with van der Waals surface area (Å²) in [6.45, 7) is 2.28. The number of aromatic nitrogens is 1. The molecule has 2 aromatic carbocycles. The Bertz CT molecular complexity index is 1500. The van der Waals surface area contributed by atoms with E-state index in [9.17, 15) is 22.0 Å². The van der Waals surface area contributed by atoms with Gasteiger partial charge in [-0.1, -0.05) is 11.2 Å². The molecule has 0 spiro atoms. The standard InChI is InChI=1S/C26H25F2N3O6S/c1-16-25(23(37-30-16)7-4-18-3-5-20(27)13-21(18)28)38(33,34)31-10-8-19(9-11-31)26(32)29-14-17-2-6-22-24(12-17)36-15-35-22/h2-7,12-13,19H,8-11,14-15H2,1H3,(H,29,32)/b7-4+. The molecular weight excluding hydrogens is 520 g/mol. The summed E-state index contributed by atoms with van der Waals surface area (Å²) in [7, 11) is -4.00. The number of hydrogen-bond donors (Lipinski definition) is 1. The number of nitrogens with zero attached hydrogens (tertiary/aromatic N) is 2. The minimum Gasteiger partial charge on any atom is -0.454 e. The second-order valence-corrected chi connectivity index (χ2v) is 10.9. The molecule has 0 unspecified atom stereocenters. The fourth-order valence-corrected chi connectivity index (χ4v) is 6.19. The van der Waals surface area contributed by atoms with Gasteiger partial charge in [-0.05, 0) is 61.7 Å². The number of carbonyl (C=O) groups excluding carboxylic acids is 1. The number of amides is 1. The minimum atomic E-state index is -4.00. The van der Waals surface area contributed by atoms with Crippen molar-refractivity contribution in [3.8, 4) is 11.5 Å². The Labute approximate surface area is 218 Å². The monoisotopic (exact) mass is 545 g/mol. The average molecular weight is 546 g/mol.